The van der Waals surface area contributed by atoms with Gasteiger partial charge in [-0.3, -0.25) is 0 Å². The van der Waals surface area contributed by atoms with E-state index in [2.05, 4.69) is 23.6 Å². The minimum Gasteiger partial charge on any atom is -0.308 e. The summed E-state index contributed by atoms with van der Waals surface area (Å²) in [5.74, 6) is 0. The van der Waals surface area contributed by atoms with Gasteiger partial charge >= 0.3 is 0 Å². The van der Waals surface area contributed by atoms with E-state index >= 15 is 0 Å². The van der Waals surface area contributed by atoms with Crippen LogP contribution in [0.3, 0.4) is 0 Å². The molecule has 0 N–H and O–H groups in total. The molecule has 12 heteroatoms. The predicted molar refractivity (Wildman–Crippen MR) is 210 cm³/mol. The second-order valence-electron chi connectivity index (χ2n) is 11.1. The molecule has 0 saturated heterocycles. The molecule has 4 aromatic carbocycles. The third-order valence-corrected chi connectivity index (χ3v) is 10.6. The van der Waals surface area contributed by atoms with Gasteiger partial charge in [-0.15, -0.1) is 4.40 Å². The maximum atomic E-state index is 12.6. The third-order valence-electron chi connectivity index (χ3n) is 7.38. The number of sulfone groups is 1. The molecular weight excluding hydrogens is 742 g/mol. The Morgan fingerprint density at radius 2 is 1.06 bits per heavy atom. The molecule has 0 aliphatic heterocycles. The van der Waals surface area contributed by atoms with Crippen molar-refractivity contribution in [2.75, 3.05) is 6.26 Å². The highest BCUT2D eigenvalue weighted by molar-refractivity contribution is 7.90. The molecule has 6 rings (SSSR count). The van der Waals surface area contributed by atoms with E-state index in [9.17, 15) is 16.8 Å². The molecule has 0 unspecified atom stereocenters. The third kappa shape index (κ3) is 11.6. The van der Waals surface area contributed by atoms with E-state index in [-0.39, 0.29) is 4.90 Å². The van der Waals surface area contributed by atoms with Crippen molar-refractivity contribution >= 4 is 55.3 Å². The van der Waals surface area contributed by atoms with Crippen LogP contribution in [0, 0.1) is 4.64 Å². The van der Waals surface area contributed by atoms with E-state index in [4.69, 9.17) is 35.4 Å². The van der Waals surface area contributed by atoms with E-state index in [0.29, 0.717) is 15.4 Å². The Labute approximate surface area is 315 Å². The molecule has 264 valence electrons. The van der Waals surface area contributed by atoms with Crippen molar-refractivity contribution in [2.24, 2.45) is 4.40 Å². The molecule has 0 aliphatic rings. The summed E-state index contributed by atoms with van der Waals surface area (Å²) >= 11 is 17.4. The quantitative estimate of drug-likeness (QED) is 0.151. The van der Waals surface area contributed by atoms with Crippen molar-refractivity contribution in [1.82, 2.24) is 9.13 Å². The molecule has 0 saturated carbocycles. The standard InChI is InChI=1S/C19H17ClN2O2S.C13H12ClNS.C7H8O2S/c1-2-15-11-12-19(21-25(23,24)18-9-4-3-5-10-18)22(14-15)17-8-6-7-16(20)13-17;1-2-10-6-7-13(16)15(9-10)12-5-3-4-11(14)8-12;1-10(8,9)7-5-3-2-4-6-7/h3-14H,2H2,1H3;3-9H,2H2,1H3;2-6H,1H3. The van der Waals surface area contributed by atoms with Gasteiger partial charge in [0.05, 0.1) is 9.79 Å². The number of benzene rings is 4. The van der Waals surface area contributed by atoms with Crippen LogP contribution in [-0.2, 0) is 32.7 Å². The van der Waals surface area contributed by atoms with E-state index in [1.807, 2.05) is 66.2 Å². The minimum absolute atomic E-state index is 0.159. The number of hydrogen-bond acceptors (Lipinski definition) is 5. The Hall–Kier alpha value is -4.32. The summed E-state index contributed by atoms with van der Waals surface area (Å²) < 4.78 is 55.4. The number of aromatic nitrogens is 2. The fourth-order valence-corrected chi connectivity index (χ4v) is 6.91. The number of aryl methyl sites for hydroxylation is 2. The largest absolute Gasteiger partial charge is 0.308 e. The van der Waals surface area contributed by atoms with Crippen molar-refractivity contribution in [3.63, 3.8) is 0 Å². The molecule has 0 spiro atoms. The maximum absolute atomic E-state index is 12.6. The number of rotatable bonds is 7. The molecule has 0 fully saturated rings. The molecule has 51 heavy (non-hydrogen) atoms. The Morgan fingerprint density at radius 3 is 1.53 bits per heavy atom. The molecule has 2 heterocycles. The lowest BCUT2D eigenvalue weighted by Gasteiger charge is -2.10. The number of sulfonamides is 1. The summed E-state index contributed by atoms with van der Waals surface area (Å²) in [6, 6.07) is 39.0. The first-order valence-electron chi connectivity index (χ1n) is 15.9. The summed E-state index contributed by atoms with van der Waals surface area (Å²) in [4.78, 5) is 0.530. The summed E-state index contributed by atoms with van der Waals surface area (Å²) in [6.07, 6.45) is 6.96. The fraction of sp³-hybridized carbons (Fsp3) is 0.128. The van der Waals surface area contributed by atoms with Gasteiger partial charge < -0.3 is 9.13 Å². The van der Waals surface area contributed by atoms with Gasteiger partial charge in [0.15, 0.2) is 15.3 Å². The zero-order valence-electron chi connectivity index (χ0n) is 28.2. The van der Waals surface area contributed by atoms with E-state index < -0.39 is 19.9 Å². The topological polar surface area (TPSA) is 90.5 Å². The van der Waals surface area contributed by atoms with E-state index in [0.717, 1.165) is 39.4 Å². The molecule has 7 nitrogen and oxygen atoms in total. The van der Waals surface area contributed by atoms with Crippen molar-refractivity contribution < 1.29 is 16.8 Å². The van der Waals surface area contributed by atoms with Crippen molar-refractivity contribution in [1.29, 1.82) is 0 Å². The number of halogens is 2. The Bertz CT molecular complexity index is 2430. The monoisotopic (exact) mass is 777 g/mol. The Kier molecular flexibility index (Phi) is 14.1. The highest BCUT2D eigenvalue weighted by Gasteiger charge is 2.12. The van der Waals surface area contributed by atoms with Crippen LogP contribution in [0.4, 0.5) is 0 Å². The molecule has 0 aliphatic carbocycles. The zero-order valence-corrected chi connectivity index (χ0v) is 32.2. The first-order chi connectivity index (χ1) is 24.3. The lowest BCUT2D eigenvalue weighted by Crippen LogP contribution is -2.21. The molecule has 0 radical (unpaired) electrons. The van der Waals surface area contributed by atoms with Gasteiger partial charge in [0, 0.05) is 40.1 Å². The van der Waals surface area contributed by atoms with Crippen LogP contribution in [0.25, 0.3) is 11.4 Å². The molecule has 0 atom stereocenters. The molecule has 0 bridgehead atoms. The van der Waals surface area contributed by atoms with Gasteiger partial charge in [-0.25, -0.2) is 8.42 Å². The Morgan fingerprint density at radius 1 is 0.588 bits per heavy atom. The average Bonchev–Trinajstić information content (AvgIpc) is 3.13. The second-order valence-corrected chi connectivity index (χ2v) is 16.1. The SMILES string of the molecule is CCc1ccc(=NS(=O)(=O)c2ccccc2)n(-c2cccc(Cl)c2)c1.CCc1ccc(=S)n(-c2cccc(Cl)c2)c1.CS(=O)(=O)c1ccccc1. The average molecular weight is 779 g/mol. The van der Waals surface area contributed by atoms with Gasteiger partial charge in [-0.1, -0.05) is 110 Å². The molecule has 6 aromatic rings. The maximum Gasteiger partial charge on any atom is 0.284 e. The van der Waals surface area contributed by atoms with Crippen molar-refractivity contribution in [3.05, 3.63) is 177 Å². The van der Waals surface area contributed by atoms with Gasteiger partial charge in [-0.05, 0) is 96.8 Å². The van der Waals surface area contributed by atoms with Crippen LogP contribution < -0.4 is 5.49 Å². The highest BCUT2D eigenvalue weighted by Crippen LogP contribution is 2.17. The smallest absolute Gasteiger partial charge is 0.284 e. The van der Waals surface area contributed by atoms with Gasteiger partial charge in [-0.2, -0.15) is 8.42 Å². The van der Waals surface area contributed by atoms with Crippen LogP contribution in [0.5, 0.6) is 0 Å². The number of nitrogens with zero attached hydrogens (tertiary/aromatic N) is 3. The normalized spacial score (nSPS) is 11.5. The molecular formula is C39H37Cl2N3O4S3. The van der Waals surface area contributed by atoms with Crippen LogP contribution >= 0.6 is 35.4 Å². The summed E-state index contributed by atoms with van der Waals surface area (Å²) in [7, 11) is -6.81. The lowest BCUT2D eigenvalue weighted by atomic mass is 10.2. The van der Waals surface area contributed by atoms with Gasteiger partial charge in [0.1, 0.15) is 4.64 Å². The lowest BCUT2D eigenvalue weighted by molar-refractivity contribution is 0.595. The van der Waals surface area contributed by atoms with Gasteiger partial charge in [0.2, 0.25) is 0 Å². The van der Waals surface area contributed by atoms with E-state index in [1.165, 1.54) is 24.0 Å². The van der Waals surface area contributed by atoms with Crippen LogP contribution in [-0.4, -0.2) is 32.2 Å². The number of hydrogen-bond donors (Lipinski definition) is 0. The van der Waals surface area contributed by atoms with Crippen LogP contribution in [0.15, 0.2) is 160 Å². The summed E-state index contributed by atoms with van der Waals surface area (Å²) in [6.45, 7) is 4.16. The van der Waals surface area contributed by atoms with Crippen molar-refractivity contribution in [3.8, 4) is 11.4 Å². The molecule has 2 aromatic heterocycles. The fourth-order valence-electron chi connectivity index (χ4n) is 4.66. The van der Waals surface area contributed by atoms with Crippen molar-refractivity contribution in [2.45, 2.75) is 36.5 Å². The highest BCUT2D eigenvalue weighted by atomic mass is 35.5. The van der Waals surface area contributed by atoms with Gasteiger partial charge in [0.25, 0.3) is 10.0 Å². The first-order valence-corrected chi connectivity index (χ1v) is 20.4. The summed E-state index contributed by atoms with van der Waals surface area (Å²) in [5.41, 5.74) is 4.41. The minimum atomic E-state index is -3.80. The first kappa shape index (κ1) is 39.5. The Balaban J connectivity index is 0.000000191. The van der Waals surface area contributed by atoms with Crippen LogP contribution in [0.1, 0.15) is 25.0 Å². The predicted octanol–water partition coefficient (Wildman–Crippen LogP) is 9.50. The van der Waals surface area contributed by atoms with E-state index in [1.54, 1.807) is 71.3 Å². The molecule has 0 amide bonds. The zero-order chi connectivity index (χ0) is 37.0. The number of pyridine rings is 2. The van der Waals surface area contributed by atoms with Crippen LogP contribution in [0.2, 0.25) is 10.0 Å². The second kappa shape index (κ2) is 18.3. The summed E-state index contributed by atoms with van der Waals surface area (Å²) in [5, 5.41) is 1.30.